The first-order chi connectivity index (χ1) is 4.88. The molecule has 0 aromatic heterocycles. The van der Waals surface area contributed by atoms with Crippen LogP contribution in [0, 0.1) is 0 Å². The van der Waals surface area contributed by atoms with Gasteiger partial charge in [-0.05, 0) is 19.7 Å². The Morgan fingerprint density at radius 3 is 3.10 bits per heavy atom. The van der Waals surface area contributed by atoms with Gasteiger partial charge < -0.3 is 4.90 Å². The summed E-state index contributed by atoms with van der Waals surface area (Å²) >= 11 is 0. The van der Waals surface area contributed by atoms with E-state index in [1.54, 1.807) is 0 Å². The van der Waals surface area contributed by atoms with Crippen LogP contribution in [0.3, 0.4) is 0 Å². The third-order valence-corrected chi connectivity index (χ3v) is 1.57. The number of nitrogens with zero attached hydrogens (tertiary/aromatic N) is 2. The van der Waals surface area contributed by atoms with Crippen LogP contribution in [-0.2, 0) is 0 Å². The lowest BCUT2D eigenvalue weighted by Crippen LogP contribution is -2.23. The normalized spacial score (nSPS) is 16.9. The van der Waals surface area contributed by atoms with Crippen LogP contribution in [0.1, 0.15) is 6.92 Å². The molecule has 0 bridgehead atoms. The van der Waals surface area contributed by atoms with Gasteiger partial charge in [0.05, 0.1) is 0 Å². The first-order valence-corrected chi connectivity index (χ1v) is 3.47. The molecule has 0 radical (unpaired) electrons. The van der Waals surface area contributed by atoms with E-state index in [0.717, 1.165) is 18.9 Å². The van der Waals surface area contributed by atoms with E-state index >= 15 is 0 Å². The van der Waals surface area contributed by atoms with Gasteiger partial charge in [-0.1, -0.05) is 12.2 Å². The topological polar surface area (TPSA) is 15.6 Å². The van der Waals surface area contributed by atoms with Gasteiger partial charge in [0, 0.05) is 13.1 Å². The highest BCUT2D eigenvalue weighted by Crippen LogP contribution is 2.08. The standard InChI is InChI=1S/C8H12N2/c1-3-10-7-5-4-6-8(10)9-2/h4-6H,2-3,7H2,1H3. The summed E-state index contributed by atoms with van der Waals surface area (Å²) in [6.07, 6.45) is 6.09. The smallest absolute Gasteiger partial charge is 0.127 e. The maximum Gasteiger partial charge on any atom is 0.127 e. The van der Waals surface area contributed by atoms with Gasteiger partial charge in [0.25, 0.3) is 0 Å². The van der Waals surface area contributed by atoms with E-state index in [4.69, 9.17) is 0 Å². The summed E-state index contributed by atoms with van der Waals surface area (Å²) in [4.78, 5) is 6.05. The lowest BCUT2D eigenvalue weighted by atomic mass is 10.3. The van der Waals surface area contributed by atoms with Crippen molar-refractivity contribution >= 4 is 6.72 Å². The molecule has 1 aliphatic heterocycles. The van der Waals surface area contributed by atoms with E-state index in [2.05, 4.69) is 29.6 Å². The van der Waals surface area contributed by atoms with Crippen molar-refractivity contribution in [2.75, 3.05) is 13.1 Å². The second kappa shape index (κ2) is 3.20. The minimum atomic E-state index is 0.960. The molecule has 2 nitrogen and oxygen atoms in total. The molecule has 10 heavy (non-hydrogen) atoms. The van der Waals surface area contributed by atoms with Crippen molar-refractivity contribution in [3.05, 3.63) is 24.0 Å². The lowest BCUT2D eigenvalue weighted by molar-refractivity contribution is 0.394. The van der Waals surface area contributed by atoms with Crippen LogP contribution in [0.2, 0.25) is 0 Å². The first-order valence-electron chi connectivity index (χ1n) is 3.47. The van der Waals surface area contributed by atoms with Gasteiger partial charge in [-0.15, -0.1) is 0 Å². The Labute approximate surface area is 61.6 Å². The molecule has 0 saturated heterocycles. The quantitative estimate of drug-likeness (QED) is 0.524. The number of likely N-dealkylation sites (N-methyl/N-ethyl adjacent to an activating group) is 1. The zero-order valence-electron chi connectivity index (χ0n) is 6.25. The Hall–Kier alpha value is -1.05. The van der Waals surface area contributed by atoms with Crippen molar-refractivity contribution in [2.45, 2.75) is 6.92 Å². The molecular formula is C8H12N2. The zero-order chi connectivity index (χ0) is 7.40. The molecule has 1 aliphatic rings. The highest BCUT2D eigenvalue weighted by molar-refractivity contribution is 5.31. The predicted molar refractivity (Wildman–Crippen MR) is 44.0 cm³/mol. The summed E-state index contributed by atoms with van der Waals surface area (Å²) in [5.41, 5.74) is 0. The van der Waals surface area contributed by atoms with Gasteiger partial charge in [-0.2, -0.15) is 0 Å². The molecule has 2 heteroatoms. The molecule has 1 heterocycles. The Balaban J connectivity index is 2.70. The molecule has 54 valence electrons. The molecule has 0 N–H and O–H groups in total. The van der Waals surface area contributed by atoms with Gasteiger partial charge in [0.1, 0.15) is 5.82 Å². The van der Waals surface area contributed by atoms with Crippen molar-refractivity contribution in [3.8, 4) is 0 Å². The van der Waals surface area contributed by atoms with Crippen molar-refractivity contribution in [3.63, 3.8) is 0 Å². The van der Waals surface area contributed by atoms with Gasteiger partial charge in [0.2, 0.25) is 0 Å². The number of hydrogen-bond donors (Lipinski definition) is 0. The second-order valence-corrected chi connectivity index (χ2v) is 2.15. The van der Waals surface area contributed by atoms with Crippen LogP contribution in [-0.4, -0.2) is 24.7 Å². The van der Waals surface area contributed by atoms with Gasteiger partial charge in [0.15, 0.2) is 0 Å². The summed E-state index contributed by atoms with van der Waals surface area (Å²) in [7, 11) is 0. The van der Waals surface area contributed by atoms with Crippen molar-refractivity contribution in [1.29, 1.82) is 0 Å². The molecular weight excluding hydrogens is 124 g/mol. The van der Waals surface area contributed by atoms with Gasteiger partial charge in [-0.3, -0.25) is 0 Å². The van der Waals surface area contributed by atoms with Crippen molar-refractivity contribution < 1.29 is 0 Å². The highest BCUT2D eigenvalue weighted by atomic mass is 15.2. The molecule has 0 spiro atoms. The molecule has 0 unspecified atom stereocenters. The molecule has 0 atom stereocenters. The third kappa shape index (κ3) is 1.26. The summed E-state index contributed by atoms with van der Waals surface area (Å²) in [6, 6.07) is 0. The largest absolute Gasteiger partial charge is 0.353 e. The van der Waals surface area contributed by atoms with E-state index in [9.17, 15) is 0 Å². The Morgan fingerprint density at radius 2 is 2.60 bits per heavy atom. The van der Waals surface area contributed by atoms with Crippen molar-refractivity contribution in [2.24, 2.45) is 4.99 Å². The number of allylic oxidation sites excluding steroid dienone is 2. The van der Waals surface area contributed by atoms with Crippen LogP contribution in [0.5, 0.6) is 0 Å². The van der Waals surface area contributed by atoms with Crippen LogP contribution in [0.4, 0.5) is 0 Å². The zero-order valence-corrected chi connectivity index (χ0v) is 6.25. The average Bonchev–Trinajstić information content (AvgIpc) is 2.04. The van der Waals surface area contributed by atoms with Crippen molar-refractivity contribution in [1.82, 2.24) is 4.90 Å². The van der Waals surface area contributed by atoms with E-state index in [1.807, 2.05) is 12.2 Å². The fraction of sp³-hybridized carbons (Fsp3) is 0.375. The number of rotatable bonds is 2. The lowest BCUT2D eigenvalue weighted by Gasteiger charge is -2.22. The molecule has 0 aromatic carbocycles. The third-order valence-electron chi connectivity index (χ3n) is 1.57. The number of aliphatic imine (C=N–C) groups is 1. The Morgan fingerprint density at radius 1 is 1.80 bits per heavy atom. The average molecular weight is 136 g/mol. The molecule has 0 amide bonds. The molecule has 0 aromatic rings. The minimum absolute atomic E-state index is 0.960. The molecule has 0 saturated carbocycles. The fourth-order valence-corrected chi connectivity index (χ4v) is 0.985. The second-order valence-electron chi connectivity index (χ2n) is 2.15. The predicted octanol–water partition coefficient (Wildman–Crippen LogP) is 1.42. The SMILES string of the molecule is C=NC1=CC=CCN1CC. The highest BCUT2D eigenvalue weighted by Gasteiger charge is 2.04. The first kappa shape index (κ1) is 7.06. The van der Waals surface area contributed by atoms with E-state index < -0.39 is 0 Å². The van der Waals surface area contributed by atoms with E-state index in [-0.39, 0.29) is 0 Å². The monoisotopic (exact) mass is 136 g/mol. The van der Waals surface area contributed by atoms with Crippen LogP contribution < -0.4 is 0 Å². The Kier molecular flexibility index (Phi) is 2.26. The van der Waals surface area contributed by atoms with Crippen LogP contribution in [0.25, 0.3) is 0 Å². The van der Waals surface area contributed by atoms with E-state index in [0.29, 0.717) is 0 Å². The summed E-state index contributed by atoms with van der Waals surface area (Å²) in [5.74, 6) is 0.977. The van der Waals surface area contributed by atoms with E-state index in [1.165, 1.54) is 0 Å². The summed E-state index contributed by atoms with van der Waals surface area (Å²) < 4.78 is 0. The minimum Gasteiger partial charge on any atom is -0.353 e. The molecule has 0 fully saturated rings. The molecule has 0 aliphatic carbocycles. The molecule has 1 rings (SSSR count). The number of hydrogen-bond acceptors (Lipinski definition) is 2. The maximum atomic E-state index is 3.89. The summed E-state index contributed by atoms with van der Waals surface area (Å²) in [6.45, 7) is 7.55. The fourth-order valence-electron chi connectivity index (χ4n) is 0.985. The van der Waals surface area contributed by atoms with Gasteiger partial charge >= 0.3 is 0 Å². The van der Waals surface area contributed by atoms with Crippen LogP contribution >= 0.6 is 0 Å². The maximum absolute atomic E-state index is 3.89. The van der Waals surface area contributed by atoms with Crippen LogP contribution in [0.15, 0.2) is 29.0 Å². The van der Waals surface area contributed by atoms with Gasteiger partial charge in [-0.25, -0.2) is 4.99 Å². The summed E-state index contributed by atoms with van der Waals surface area (Å²) in [5, 5.41) is 0. The Bertz CT molecular complexity index is 180.